The van der Waals surface area contributed by atoms with Crippen LogP contribution in [0.5, 0.6) is 0 Å². The number of aliphatic hydroxyl groups excluding tert-OH is 1. The van der Waals surface area contributed by atoms with Gasteiger partial charge in [0, 0.05) is 15.2 Å². The average Bonchev–Trinajstić information content (AvgIpc) is 2.60. The fourth-order valence-corrected chi connectivity index (χ4v) is 4.68. The van der Waals surface area contributed by atoms with Crippen LogP contribution < -0.4 is 0 Å². The second-order valence-electron chi connectivity index (χ2n) is 6.78. The first-order chi connectivity index (χ1) is 11.4. The fourth-order valence-electron chi connectivity index (χ4n) is 3.26. The van der Waals surface area contributed by atoms with Gasteiger partial charge in [-0.2, -0.15) is 0 Å². The summed E-state index contributed by atoms with van der Waals surface area (Å²) >= 11 is 0. The molecule has 1 N–H and O–H groups in total. The maximum absolute atomic E-state index is 13.1. The van der Waals surface area contributed by atoms with E-state index in [0.29, 0.717) is 4.91 Å². The third-order valence-corrected chi connectivity index (χ3v) is 6.64. The zero-order valence-electron chi connectivity index (χ0n) is 15.8. The van der Waals surface area contributed by atoms with E-state index in [9.17, 15) is 9.32 Å². The zero-order valence-corrected chi connectivity index (χ0v) is 16.6. The van der Waals surface area contributed by atoms with Crippen LogP contribution in [0.15, 0.2) is 40.6 Å². The summed E-state index contributed by atoms with van der Waals surface area (Å²) in [5, 5.41) is 10.9. The van der Waals surface area contributed by atoms with Crippen molar-refractivity contribution in [2.75, 3.05) is 0 Å². The van der Waals surface area contributed by atoms with E-state index >= 15 is 0 Å². The summed E-state index contributed by atoms with van der Waals surface area (Å²) in [6.45, 7) is 12.6. The van der Waals surface area contributed by atoms with Crippen LogP contribution in [0.2, 0.25) is 0 Å². The molecule has 1 aromatic carbocycles. The van der Waals surface area contributed by atoms with Crippen molar-refractivity contribution in [2.45, 2.75) is 83.6 Å². The quantitative estimate of drug-likeness (QED) is 0.551. The molecule has 0 saturated carbocycles. The molecule has 1 aromatic rings. The molecule has 0 aliphatic rings. The Morgan fingerprint density at radius 1 is 1.17 bits per heavy atom. The smallest absolute Gasteiger partial charge is 0.0809 e. The van der Waals surface area contributed by atoms with Crippen molar-refractivity contribution in [3.05, 3.63) is 41.3 Å². The number of aryl methyl sites for hydroxylation is 1. The van der Waals surface area contributed by atoms with Crippen LogP contribution in [-0.2, 0) is 10.8 Å². The van der Waals surface area contributed by atoms with Crippen molar-refractivity contribution in [1.82, 2.24) is 0 Å². The fraction of sp³-hybridized carbons (Fsp3) is 0.619. The molecule has 0 aliphatic carbocycles. The third-order valence-electron chi connectivity index (χ3n) is 5.09. The van der Waals surface area contributed by atoms with Crippen molar-refractivity contribution in [1.29, 1.82) is 0 Å². The first kappa shape index (κ1) is 21.1. The molecule has 3 heteroatoms. The number of hydrogen-bond acceptors (Lipinski definition) is 2. The summed E-state index contributed by atoms with van der Waals surface area (Å²) in [4.78, 5) is 1.47. The molecule has 0 fully saturated rings. The molecule has 0 saturated heterocycles. The largest absolute Gasteiger partial charge is 0.392 e. The van der Waals surface area contributed by atoms with Crippen LogP contribution >= 0.6 is 0 Å². The van der Waals surface area contributed by atoms with Crippen LogP contribution in [0, 0.1) is 12.3 Å². The highest BCUT2D eigenvalue weighted by molar-refractivity contribution is 7.89. The van der Waals surface area contributed by atoms with Gasteiger partial charge in [-0.25, -0.2) is 4.21 Å². The second kappa shape index (κ2) is 10.1. The second-order valence-corrected chi connectivity index (χ2v) is 8.28. The lowest BCUT2D eigenvalue weighted by Gasteiger charge is -2.39. The number of unbranched alkanes of at least 4 members (excludes halogenated alkanes) is 2. The molecule has 0 radical (unpaired) electrons. The van der Waals surface area contributed by atoms with Crippen LogP contribution in [-0.4, -0.2) is 15.4 Å². The van der Waals surface area contributed by atoms with Crippen LogP contribution in [0.4, 0.5) is 0 Å². The Labute approximate surface area is 150 Å². The van der Waals surface area contributed by atoms with Crippen LogP contribution in [0.1, 0.15) is 71.3 Å². The maximum atomic E-state index is 13.1. The van der Waals surface area contributed by atoms with E-state index in [1.165, 1.54) is 0 Å². The Morgan fingerprint density at radius 2 is 1.75 bits per heavy atom. The van der Waals surface area contributed by atoms with Gasteiger partial charge in [-0.3, -0.25) is 0 Å². The van der Waals surface area contributed by atoms with Crippen molar-refractivity contribution in [3.8, 4) is 0 Å². The molecule has 0 aromatic heterocycles. The standard InChI is InChI=1S/C21H34O2S/c1-6-9-11-20(22)21(8-3,16-10-7-2)18(5)24(23)19-14-12-17(4)13-15-19/h12-15,20,22H,5-11,16H2,1-4H3/t20-,21-,24?/m1/s1. The lowest BCUT2D eigenvalue weighted by atomic mass is 9.73. The molecule has 3 atom stereocenters. The van der Waals surface area contributed by atoms with Gasteiger partial charge in [-0.05, 0) is 38.3 Å². The predicted molar refractivity (Wildman–Crippen MR) is 105 cm³/mol. The summed E-state index contributed by atoms with van der Waals surface area (Å²) < 4.78 is 13.1. The molecular weight excluding hydrogens is 316 g/mol. The molecule has 24 heavy (non-hydrogen) atoms. The predicted octanol–water partition coefficient (Wildman–Crippen LogP) is 5.75. The Bertz CT molecular complexity index is 535. The lowest BCUT2D eigenvalue weighted by Crippen LogP contribution is -2.38. The minimum atomic E-state index is -1.29. The molecule has 0 amide bonds. The first-order valence-corrected chi connectivity index (χ1v) is 10.4. The minimum absolute atomic E-state index is 0.457. The van der Waals surface area contributed by atoms with Crippen LogP contribution in [0.25, 0.3) is 0 Å². The Morgan fingerprint density at radius 3 is 2.25 bits per heavy atom. The van der Waals surface area contributed by atoms with Gasteiger partial charge in [0.05, 0.1) is 16.9 Å². The van der Waals surface area contributed by atoms with Gasteiger partial charge in [-0.1, -0.05) is 70.7 Å². The number of rotatable bonds is 11. The van der Waals surface area contributed by atoms with E-state index in [-0.39, 0.29) is 0 Å². The lowest BCUT2D eigenvalue weighted by molar-refractivity contribution is 0.0362. The molecule has 0 bridgehead atoms. The molecule has 1 unspecified atom stereocenters. The van der Waals surface area contributed by atoms with E-state index in [0.717, 1.165) is 55.4 Å². The van der Waals surface area contributed by atoms with Crippen LogP contribution in [0.3, 0.4) is 0 Å². The summed E-state index contributed by atoms with van der Waals surface area (Å²) in [5.41, 5.74) is 0.693. The Kier molecular flexibility index (Phi) is 8.93. The molecule has 0 aliphatic heterocycles. The summed E-state index contributed by atoms with van der Waals surface area (Å²) in [6, 6.07) is 7.78. The Balaban J connectivity index is 3.13. The normalized spacial score (nSPS) is 16.4. The van der Waals surface area contributed by atoms with Gasteiger partial charge >= 0.3 is 0 Å². The SMILES string of the molecule is C=C(S(=O)c1ccc(C)cc1)[C@@](CC)(CCCC)[C@H](O)CCCC. The summed E-state index contributed by atoms with van der Waals surface area (Å²) in [7, 11) is -1.29. The zero-order chi connectivity index (χ0) is 18.2. The monoisotopic (exact) mass is 350 g/mol. The van der Waals surface area contributed by atoms with E-state index in [4.69, 9.17) is 0 Å². The highest BCUT2D eigenvalue weighted by Crippen LogP contribution is 2.44. The average molecular weight is 351 g/mol. The van der Waals surface area contributed by atoms with Gasteiger partial charge < -0.3 is 5.11 Å². The van der Waals surface area contributed by atoms with E-state index in [2.05, 4.69) is 27.4 Å². The number of aliphatic hydroxyl groups is 1. The molecule has 2 nitrogen and oxygen atoms in total. The van der Waals surface area contributed by atoms with E-state index in [1.807, 2.05) is 31.2 Å². The van der Waals surface area contributed by atoms with E-state index in [1.54, 1.807) is 0 Å². The molecule has 0 spiro atoms. The molecule has 1 rings (SSSR count). The molecule has 0 heterocycles. The van der Waals surface area contributed by atoms with Crippen molar-refractivity contribution < 1.29 is 9.32 Å². The highest BCUT2D eigenvalue weighted by atomic mass is 32.2. The van der Waals surface area contributed by atoms with Gasteiger partial charge in [0.25, 0.3) is 0 Å². The third kappa shape index (κ3) is 5.03. The van der Waals surface area contributed by atoms with Gasteiger partial charge in [0.2, 0.25) is 0 Å². The van der Waals surface area contributed by atoms with E-state index < -0.39 is 22.3 Å². The minimum Gasteiger partial charge on any atom is -0.392 e. The maximum Gasteiger partial charge on any atom is 0.0809 e. The Hall–Kier alpha value is -0.930. The highest BCUT2D eigenvalue weighted by Gasteiger charge is 2.40. The van der Waals surface area contributed by atoms with Crippen molar-refractivity contribution >= 4 is 10.8 Å². The van der Waals surface area contributed by atoms with Gasteiger partial charge in [-0.15, -0.1) is 0 Å². The number of benzene rings is 1. The summed E-state index contributed by atoms with van der Waals surface area (Å²) in [5.74, 6) is 0. The topological polar surface area (TPSA) is 37.3 Å². The molecular formula is C21H34O2S. The number of hydrogen-bond donors (Lipinski definition) is 1. The molecule has 136 valence electrons. The first-order valence-electron chi connectivity index (χ1n) is 9.28. The van der Waals surface area contributed by atoms with Crippen molar-refractivity contribution in [3.63, 3.8) is 0 Å². The van der Waals surface area contributed by atoms with Gasteiger partial charge in [0.1, 0.15) is 0 Å². The summed E-state index contributed by atoms with van der Waals surface area (Å²) in [6.07, 6.45) is 6.01. The van der Waals surface area contributed by atoms with Crippen molar-refractivity contribution in [2.24, 2.45) is 5.41 Å². The van der Waals surface area contributed by atoms with Gasteiger partial charge in [0.15, 0.2) is 0 Å².